The number of aliphatic hydroxyl groups excluding tert-OH is 1. The van der Waals surface area contributed by atoms with E-state index in [9.17, 15) is 9.50 Å². The van der Waals surface area contributed by atoms with Gasteiger partial charge in [-0.15, -0.1) is 0 Å². The van der Waals surface area contributed by atoms with Crippen LogP contribution in [-0.2, 0) is 23.7 Å². The van der Waals surface area contributed by atoms with Crippen LogP contribution in [0, 0.1) is 17.7 Å². The van der Waals surface area contributed by atoms with Gasteiger partial charge in [-0.2, -0.15) is 0 Å². The van der Waals surface area contributed by atoms with Crippen LogP contribution in [0.5, 0.6) is 0 Å². The summed E-state index contributed by atoms with van der Waals surface area (Å²) < 4.78 is 42.5. The standard InChI is InChI=1S/C42H61FO5Si2/c1-40(2,3)49(7,8)47-31-42(32-22-24-33(43)25-23-32)29-38(48-39-21-15-16-28-45-39)36(37(42)26-27-44)30-46-50(41(4,5)6,34-17-11-9-12-18-34)35-19-13-10-14-20-35/h9-14,17-20,22-25,36-39,44H,15-16,21,26-31H2,1-8H3/t36-,37-,38-,39?,42-/m0/s1. The average Bonchev–Trinajstić information content (AvgIpc) is 3.37. The van der Waals surface area contributed by atoms with E-state index in [1.54, 1.807) is 12.1 Å². The van der Waals surface area contributed by atoms with Gasteiger partial charge < -0.3 is 23.4 Å². The number of hydrogen-bond donors (Lipinski definition) is 1. The topological polar surface area (TPSA) is 57.2 Å². The third-order valence-electron chi connectivity index (χ3n) is 12.0. The number of aliphatic hydroxyl groups is 1. The highest BCUT2D eigenvalue weighted by molar-refractivity contribution is 6.99. The number of hydrogen-bond acceptors (Lipinski definition) is 5. The first-order valence-corrected chi connectivity index (χ1v) is 23.5. The van der Waals surface area contributed by atoms with Crippen LogP contribution < -0.4 is 10.4 Å². The normalized spacial score (nSPS) is 25.2. The molecule has 5 nitrogen and oxygen atoms in total. The third kappa shape index (κ3) is 8.07. The largest absolute Gasteiger partial charge is 0.416 e. The van der Waals surface area contributed by atoms with E-state index >= 15 is 0 Å². The summed E-state index contributed by atoms with van der Waals surface area (Å²) in [5, 5.41) is 13.0. The van der Waals surface area contributed by atoms with Crippen molar-refractivity contribution in [2.24, 2.45) is 11.8 Å². The molecular formula is C42H61FO5Si2. The Kier molecular flexibility index (Phi) is 12.4. The summed E-state index contributed by atoms with van der Waals surface area (Å²) in [4.78, 5) is 0. The molecule has 0 amide bonds. The molecule has 3 aromatic carbocycles. The average molecular weight is 721 g/mol. The molecular weight excluding hydrogens is 660 g/mol. The molecule has 5 rings (SSSR count). The summed E-state index contributed by atoms with van der Waals surface area (Å²) in [5.74, 6) is -0.377. The lowest BCUT2D eigenvalue weighted by molar-refractivity contribution is -0.197. The zero-order chi connectivity index (χ0) is 36.2. The van der Waals surface area contributed by atoms with E-state index in [1.807, 2.05) is 12.1 Å². The number of halogens is 1. The van der Waals surface area contributed by atoms with E-state index in [-0.39, 0.29) is 46.7 Å². The molecule has 2 fully saturated rings. The fourth-order valence-electron chi connectivity index (χ4n) is 8.22. The van der Waals surface area contributed by atoms with Crippen molar-refractivity contribution in [3.05, 3.63) is 96.3 Å². The van der Waals surface area contributed by atoms with Crippen LogP contribution in [0.25, 0.3) is 0 Å². The highest BCUT2D eigenvalue weighted by Gasteiger charge is 2.58. The zero-order valence-electron chi connectivity index (χ0n) is 31.7. The second kappa shape index (κ2) is 15.8. The van der Waals surface area contributed by atoms with Crippen molar-refractivity contribution in [3.8, 4) is 0 Å². The minimum absolute atomic E-state index is 0.0136. The van der Waals surface area contributed by atoms with Gasteiger partial charge in [-0.05, 0) is 89.3 Å². The molecule has 0 spiro atoms. The van der Waals surface area contributed by atoms with E-state index in [0.717, 1.165) is 24.8 Å². The van der Waals surface area contributed by atoms with Gasteiger partial charge in [0.05, 0.1) is 6.10 Å². The Morgan fingerprint density at radius 2 is 1.42 bits per heavy atom. The van der Waals surface area contributed by atoms with E-state index in [0.29, 0.717) is 32.7 Å². The molecule has 3 aromatic rings. The fourth-order valence-corrected chi connectivity index (χ4v) is 13.9. The molecule has 50 heavy (non-hydrogen) atoms. The van der Waals surface area contributed by atoms with Crippen LogP contribution in [0.15, 0.2) is 84.9 Å². The predicted molar refractivity (Wildman–Crippen MR) is 207 cm³/mol. The maximum absolute atomic E-state index is 14.5. The van der Waals surface area contributed by atoms with Gasteiger partial charge >= 0.3 is 0 Å². The summed E-state index contributed by atoms with van der Waals surface area (Å²) in [7, 11) is -5.07. The number of ether oxygens (including phenoxy) is 2. The SMILES string of the molecule is CC(C)(C)[Si](C)(C)OC[C@]1(c2ccc(F)cc2)C[C@H](OC2CCCCO2)[C@@H](CO[Si](c2ccccc2)(c2ccccc2)C(C)(C)C)[C@@H]1CCO. The lowest BCUT2D eigenvalue weighted by Crippen LogP contribution is -2.67. The van der Waals surface area contributed by atoms with Crippen molar-refractivity contribution in [2.45, 2.75) is 115 Å². The highest BCUT2D eigenvalue weighted by Crippen LogP contribution is 2.54. The van der Waals surface area contributed by atoms with Crippen molar-refractivity contribution < 1.29 is 27.8 Å². The zero-order valence-corrected chi connectivity index (χ0v) is 33.7. The maximum Gasteiger partial charge on any atom is 0.261 e. The molecule has 1 heterocycles. The summed E-state index contributed by atoms with van der Waals surface area (Å²) in [6.07, 6.45) is 3.69. The van der Waals surface area contributed by atoms with Gasteiger partial charge in [0.15, 0.2) is 14.6 Å². The number of rotatable bonds is 13. The van der Waals surface area contributed by atoms with Crippen LogP contribution in [-0.4, -0.2) is 60.6 Å². The second-order valence-corrected chi connectivity index (χ2v) is 26.3. The summed E-state index contributed by atoms with van der Waals surface area (Å²) >= 11 is 0. The van der Waals surface area contributed by atoms with Gasteiger partial charge in [0.2, 0.25) is 0 Å². The van der Waals surface area contributed by atoms with Gasteiger partial charge in [0.1, 0.15) is 5.82 Å². The Morgan fingerprint density at radius 1 is 0.820 bits per heavy atom. The van der Waals surface area contributed by atoms with Gasteiger partial charge in [0.25, 0.3) is 8.32 Å². The van der Waals surface area contributed by atoms with Gasteiger partial charge in [-0.3, -0.25) is 0 Å². The lowest BCUT2D eigenvalue weighted by Gasteiger charge is -2.45. The van der Waals surface area contributed by atoms with Crippen LogP contribution in [0.2, 0.25) is 23.2 Å². The van der Waals surface area contributed by atoms with Crippen LogP contribution in [0.1, 0.15) is 79.2 Å². The summed E-state index contributed by atoms with van der Waals surface area (Å²) in [6, 6.07) is 28.5. The third-order valence-corrected chi connectivity index (χ3v) is 21.5. The molecule has 1 aliphatic heterocycles. The van der Waals surface area contributed by atoms with Crippen molar-refractivity contribution in [2.75, 3.05) is 26.4 Å². The molecule has 2 aliphatic rings. The molecule has 0 aromatic heterocycles. The van der Waals surface area contributed by atoms with Crippen LogP contribution in [0.3, 0.4) is 0 Å². The van der Waals surface area contributed by atoms with Crippen molar-refractivity contribution in [1.82, 2.24) is 0 Å². The minimum Gasteiger partial charge on any atom is -0.416 e. The summed E-state index contributed by atoms with van der Waals surface area (Å²) in [6.45, 7) is 19.9. The Morgan fingerprint density at radius 3 is 1.92 bits per heavy atom. The monoisotopic (exact) mass is 720 g/mol. The smallest absolute Gasteiger partial charge is 0.261 e. The molecule has 1 N–H and O–H groups in total. The van der Waals surface area contributed by atoms with E-state index in [4.69, 9.17) is 18.3 Å². The Balaban J connectivity index is 1.64. The first-order valence-electron chi connectivity index (χ1n) is 18.7. The highest BCUT2D eigenvalue weighted by atomic mass is 28.4. The Hall–Kier alpha value is -2.18. The van der Waals surface area contributed by atoms with E-state index < -0.39 is 22.0 Å². The van der Waals surface area contributed by atoms with Crippen molar-refractivity contribution in [1.29, 1.82) is 0 Å². The molecule has 1 aliphatic carbocycles. The van der Waals surface area contributed by atoms with E-state index in [1.165, 1.54) is 10.4 Å². The van der Waals surface area contributed by atoms with Crippen molar-refractivity contribution in [3.63, 3.8) is 0 Å². The van der Waals surface area contributed by atoms with Crippen LogP contribution in [0.4, 0.5) is 4.39 Å². The predicted octanol–water partition coefficient (Wildman–Crippen LogP) is 8.59. The Labute approximate surface area is 303 Å². The molecule has 5 atom stereocenters. The molecule has 0 radical (unpaired) electrons. The minimum atomic E-state index is -2.88. The second-order valence-electron chi connectivity index (χ2n) is 17.1. The molecule has 1 saturated heterocycles. The number of benzene rings is 3. The molecule has 1 unspecified atom stereocenters. The first-order chi connectivity index (χ1) is 23.6. The van der Waals surface area contributed by atoms with E-state index in [2.05, 4.69) is 115 Å². The molecule has 1 saturated carbocycles. The first kappa shape index (κ1) is 39.0. The molecule has 274 valence electrons. The Bertz CT molecular complexity index is 1440. The quantitative estimate of drug-likeness (QED) is 0.179. The van der Waals surface area contributed by atoms with Gasteiger partial charge in [-0.1, -0.05) is 114 Å². The summed E-state index contributed by atoms with van der Waals surface area (Å²) in [5.41, 5.74) is 0.507. The van der Waals surface area contributed by atoms with Crippen molar-refractivity contribution >= 4 is 27.0 Å². The molecule has 8 heteroatoms. The molecule has 0 bridgehead atoms. The van der Waals surface area contributed by atoms with Gasteiger partial charge in [-0.25, -0.2) is 4.39 Å². The van der Waals surface area contributed by atoms with Gasteiger partial charge in [0, 0.05) is 37.8 Å². The maximum atomic E-state index is 14.5. The van der Waals surface area contributed by atoms with Crippen LogP contribution >= 0.6 is 0 Å². The fraction of sp³-hybridized carbons (Fsp3) is 0.571. The lowest BCUT2D eigenvalue weighted by atomic mass is 9.70.